The Labute approximate surface area is 78.4 Å². The summed E-state index contributed by atoms with van der Waals surface area (Å²) in [6, 6.07) is 0. The van der Waals surface area contributed by atoms with E-state index in [4.69, 9.17) is 5.11 Å². The van der Waals surface area contributed by atoms with Crippen molar-refractivity contribution in [3.8, 4) is 0 Å². The molecular formula is C7H12NaO. The molecule has 0 aromatic carbocycles. The summed E-state index contributed by atoms with van der Waals surface area (Å²) >= 11 is 0. The quantitative estimate of drug-likeness (QED) is 0.504. The van der Waals surface area contributed by atoms with E-state index in [1.54, 1.807) is 0 Å². The van der Waals surface area contributed by atoms with Crippen LogP contribution in [0.15, 0.2) is 11.3 Å². The maximum atomic E-state index is 9.06. The Balaban J connectivity index is 0.000000640. The molecule has 1 aliphatic carbocycles. The predicted molar refractivity (Wildman–Crippen MR) is 39.6 cm³/mol. The zero-order valence-corrected chi connectivity index (χ0v) is 8.28. The van der Waals surface area contributed by atoms with Gasteiger partial charge in [0.1, 0.15) is 0 Å². The van der Waals surface area contributed by atoms with Crippen LogP contribution in [0, 0.1) is 0 Å². The maximum absolute atomic E-state index is 9.06. The third-order valence-electron chi connectivity index (χ3n) is 1.71. The molecule has 0 fully saturated rings. The van der Waals surface area contributed by atoms with Crippen LogP contribution in [0.5, 0.6) is 0 Å². The van der Waals surface area contributed by atoms with E-state index in [2.05, 4.69) is 0 Å². The standard InChI is InChI=1S/C7H12O.Na/c1-6-4-2-3-5-7(6)8;/h8H,2-5H2,1H3;. The van der Waals surface area contributed by atoms with Crippen molar-refractivity contribution in [1.29, 1.82) is 0 Å². The SMILES string of the molecule is CC1=C(O)CCCC1.[Na]. The molecule has 2 heteroatoms. The van der Waals surface area contributed by atoms with Gasteiger partial charge in [-0.2, -0.15) is 0 Å². The zero-order chi connectivity index (χ0) is 5.98. The fourth-order valence-electron chi connectivity index (χ4n) is 1.04. The van der Waals surface area contributed by atoms with Gasteiger partial charge >= 0.3 is 0 Å². The van der Waals surface area contributed by atoms with Crippen LogP contribution in [-0.2, 0) is 0 Å². The molecule has 9 heavy (non-hydrogen) atoms. The number of rotatable bonds is 0. The van der Waals surface area contributed by atoms with Gasteiger partial charge < -0.3 is 5.11 Å². The van der Waals surface area contributed by atoms with Crippen LogP contribution in [0.2, 0.25) is 0 Å². The average molecular weight is 135 g/mol. The number of aliphatic hydroxyl groups is 1. The molecule has 1 nitrogen and oxygen atoms in total. The van der Waals surface area contributed by atoms with E-state index < -0.39 is 0 Å². The first-order valence-electron chi connectivity index (χ1n) is 3.18. The molecule has 0 aromatic heterocycles. The van der Waals surface area contributed by atoms with Gasteiger partial charge in [0.05, 0.1) is 5.76 Å². The van der Waals surface area contributed by atoms with Crippen molar-refractivity contribution >= 4 is 29.6 Å². The zero-order valence-electron chi connectivity index (χ0n) is 6.28. The van der Waals surface area contributed by atoms with E-state index in [0.717, 1.165) is 12.8 Å². The second-order valence-electron chi connectivity index (χ2n) is 2.43. The van der Waals surface area contributed by atoms with Gasteiger partial charge in [-0.3, -0.25) is 0 Å². The molecule has 0 amide bonds. The Kier molecular flexibility index (Phi) is 4.63. The normalized spacial score (nSPS) is 19.2. The van der Waals surface area contributed by atoms with Crippen molar-refractivity contribution < 1.29 is 5.11 Å². The molecule has 0 spiro atoms. The van der Waals surface area contributed by atoms with Gasteiger partial charge in [-0.15, -0.1) is 0 Å². The molecule has 1 rings (SSSR count). The minimum atomic E-state index is 0. The molecule has 0 unspecified atom stereocenters. The van der Waals surface area contributed by atoms with Gasteiger partial charge in [0.25, 0.3) is 0 Å². The van der Waals surface area contributed by atoms with Crippen molar-refractivity contribution in [2.24, 2.45) is 0 Å². The topological polar surface area (TPSA) is 20.2 Å². The van der Waals surface area contributed by atoms with E-state index >= 15 is 0 Å². The Morgan fingerprint density at radius 3 is 2.11 bits per heavy atom. The van der Waals surface area contributed by atoms with Crippen molar-refractivity contribution in [3.05, 3.63) is 11.3 Å². The third kappa shape index (κ3) is 2.74. The predicted octanol–water partition coefficient (Wildman–Crippen LogP) is 2.01. The molecule has 1 N–H and O–H groups in total. The summed E-state index contributed by atoms with van der Waals surface area (Å²) in [5.41, 5.74) is 1.19. The minimum Gasteiger partial charge on any atom is -0.512 e. The van der Waals surface area contributed by atoms with Crippen molar-refractivity contribution in [2.75, 3.05) is 0 Å². The Morgan fingerprint density at radius 1 is 1.22 bits per heavy atom. The second-order valence-corrected chi connectivity index (χ2v) is 2.43. The summed E-state index contributed by atoms with van der Waals surface area (Å²) in [4.78, 5) is 0. The van der Waals surface area contributed by atoms with Gasteiger partial charge in [0.15, 0.2) is 0 Å². The van der Waals surface area contributed by atoms with Crippen molar-refractivity contribution in [1.82, 2.24) is 0 Å². The van der Waals surface area contributed by atoms with Gasteiger partial charge in [-0.25, -0.2) is 0 Å². The van der Waals surface area contributed by atoms with E-state index in [0.29, 0.717) is 5.76 Å². The maximum Gasteiger partial charge on any atom is 0.0911 e. The fourth-order valence-corrected chi connectivity index (χ4v) is 1.04. The molecule has 0 heterocycles. The third-order valence-corrected chi connectivity index (χ3v) is 1.71. The van der Waals surface area contributed by atoms with E-state index in [1.807, 2.05) is 6.92 Å². The second kappa shape index (κ2) is 4.37. The van der Waals surface area contributed by atoms with Crippen LogP contribution in [-0.4, -0.2) is 34.7 Å². The first-order valence-corrected chi connectivity index (χ1v) is 3.18. The molecule has 0 aromatic rings. The summed E-state index contributed by atoms with van der Waals surface area (Å²) in [5, 5.41) is 9.06. The largest absolute Gasteiger partial charge is 0.512 e. The number of hydrogen-bond donors (Lipinski definition) is 1. The van der Waals surface area contributed by atoms with Crippen LogP contribution < -0.4 is 0 Å². The molecular weight excluding hydrogens is 123 g/mol. The minimum absolute atomic E-state index is 0. The van der Waals surface area contributed by atoms with Crippen molar-refractivity contribution in [2.45, 2.75) is 32.6 Å². The molecule has 47 valence electrons. The van der Waals surface area contributed by atoms with Crippen LogP contribution in [0.3, 0.4) is 0 Å². The molecule has 0 saturated heterocycles. The average Bonchev–Trinajstić information content (AvgIpc) is 1.77. The van der Waals surface area contributed by atoms with Crippen LogP contribution >= 0.6 is 0 Å². The number of aliphatic hydroxyl groups excluding tert-OH is 1. The Bertz CT molecular complexity index is 104. The summed E-state index contributed by atoms with van der Waals surface area (Å²) in [6.07, 6.45) is 4.44. The van der Waals surface area contributed by atoms with E-state index in [9.17, 15) is 0 Å². The van der Waals surface area contributed by atoms with Crippen molar-refractivity contribution in [3.63, 3.8) is 0 Å². The van der Waals surface area contributed by atoms with Crippen LogP contribution in [0.25, 0.3) is 0 Å². The molecule has 0 bridgehead atoms. The summed E-state index contributed by atoms with van der Waals surface area (Å²) < 4.78 is 0. The Hall–Kier alpha value is 0.540. The first-order chi connectivity index (χ1) is 3.80. The number of hydrogen-bond acceptors (Lipinski definition) is 1. The Morgan fingerprint density at radius 2 is 1.78 bits per heavy atom. The molecule has 0 saturated carbocycles. The monoisotopic (exact) mass is 135 g/mol. The summed E-state index contributed by atoms with van der Waals surface area (Å²) in [6.45, 7) is 2.01. The van der Waals surface area contributed by atoms with Gasteiger partial charge in [-0.1, -0.05) is 0 Å². The van der Waals surface area contributed by atoms with Gasteiger partial charge in [0, 0.05) is 36.0 Å². The van der Waals surface area contributed by atoms with Gasteiger partial charge in [-0.05, 0) is 31.8 Å². The van der Waals surface area contributed by atoms with Crippen LogP contribution in [0.4, 0.5) is 0 Å². The summed E-state index contributed by atoms with van der Waals surface area (Å²) in [7, 11) is 0. The van der Waals surface area contributed by atoms with E-state index in [1.165, 1.54) is 18.4 Å². The van der Waals surface area contributed by atoms with E-state index in [-0.39, 0.29) is 29.6 Å². The smallest absolute Gasteiger partial charge is 0.0911 e. The van der Waals surface area contributed by atoms with Gasteiger partial charge in [0.2, 0.25) is 0 Å². The molecule has 0 atom stereocenters. The molecule has 0 aliphatic heterocycles. The number of allylic oxidation sites excluding steroid dienone is 2. The molecule has 1 aliphatic rings. The fraction of sp³-hybridized carbons (Fsp3) is 0.714. The first kappa shape index (κ1) is 9.54. The van der Waals surface area contributed by atoms with Crippen LogP contribution in [0.1, 0.15) is 32.6 Å². The molecule has 1 radical (unpaired) electrons. The summed E-state index contributed by atoms with van der Waals surface area (Å²) in [5.74, 6) is 0.635.